The molecule has 1 saturated carbocycles. The number of nitrogens with one attached hydrogen (secondary N) is 2. The van der Waals surface area contributed by atoms with E-state index in [2.05, 4.69) is 10.6 Å². The monoisotopic (exact) mass is 475 g/mol. The molecule has 3 aromatic rings. The first-order chi connectivity index (χ1) is 16.8. The predicted molar refractivity (Wildman–Crippen MR) is 130 cm³/mol. The van der Waals surface area contributed by atoms with Crippen LogP contribution in [-0.4, -0.2) is 23.8 Å². The molecule has 0 aromatic heterocycles. The molecule has 9 nitrogen and oxygen atoms in total. The molecular weight excluding hydrogens is 450 g/mol. The van der Waals surface area contributed by atoms with Gasteiger partial charge in [-0.05, 0) is 67.8 Å². The molecule has 1 atom stereocenters. The van der Waals surface area contributed by atoms with Crippen LogP contribution >= 0.6 is 0 Å². The highest BCUT2D eigenvalue weighted by molar-refractivity contribution is 5.98. The van der Waals surface area contributed by atoms with Gasteiger partial charge >= 0.3 is 0 Å². The number of amides is 2. The van der Waals surface area contributed by atoms with Crippen LogP contribution in [-0.2, 0) is 4.79 Å². The lowest BCUT2D eigenvalue weighted by Crippen LogP contribution is -2.27. The second-order valence-electron chi connectivity index (χ2n) is 8.30. The van der Waals surface area contributed by atoms with E-state index >= 15 is 0 Å². The van der Waals surface area contributed by atoms with Gasteiger partial charge in [0, 0.05) is 23.7 Å². The molecule has 4 rings (SSSR count). The summed E-state index contributed by atoms with van der Waals surface area (Å²) in [5.74, 6) is 0.891. The molecule has 0 bridgehead atoms. The molecular formula is C26H25N3O6. The van der Waals surface area contributed by atoms with Gasteiger partial charge in [0.15, 0.2) is 0 Å². The summed E-state index contributed by atoms with van der Waals surface area (Å²) in [6.07, 6.45) is 1.85. The highest BCUT2D eigenvalue weighted by atomic mass is 16.6. The van der Waals surface area contributed by atoms with Crippen molar-refractivity contribution in [3.05, 3.63) is 88.0 Å². The first kappa shape index (κ1) is 23.7. The second-order valence-corrected chi connectivity index (χ2v) is 8.30. The molecule has 0 aliphatic heterocycles. The third kappa shape index (κ3) is 5.94. The van der Waals surface area contributed by atoms with Crippen LogP contribution in [0.5, 0.6) is 17.2 Å². The van der Waals surface area contributed by atoms with E-state index in [9.17, 15) is 19.7 Å². The van der Waals surface area contributed by atoms with E-state index in [1.54, 1.807) is 50.4 Å². The topological polar surface area (TPSA) is 120 Å². The number of ether oxygens (including phenoxy) is 2. The van der Waals surface area contributed by atoms with Gasteiger partial charge in [-0.3, -0.25) is 19.7 Å². The fourth-order valence-electron chi connectivity index (χ4n) is 3.47. The molecule has 1 aliphatic carbocycles. The van der Waals surface area contributed by atoms with Gasteiger partial charge in [0.05, 0.1) is 23.6 Å². The molecule has 1 aliphatic rings. The van der Waals surface area contributed by atoms with Crippen molar-refractivity contribution in [2.45, 2.75) is 25.8 Å². The maximum Gasteiger partial charge on any atom is 0.270 e. The number of carbonyl (C=O) groups excluding carboxylic acids is 2. The van der Waals surface area contributed by atoms with Gasteiger partial charge in [-0.15, -0.1) is 0 Å². The molecule has 1 fully saturated rings. The van der Waals surface area contributed by atoms with E-state index in [0.29, 0.717) is 17.2 Å². The number of hydrogen-bond acceptors (Lipinski definition) is 6. The summed E-state index contributed by atoms with van der Waals surface area (Å²) >= 11 is 0. The Labute approximate surface area is 202 Å². The first-order valence-electron chi connectivity index (χ1n) is 11.2. The zero-order valence-electron chi connectivity index (χ0n) is 19.3. The number of non-ortho nitro benzene ring substituents is 1. The number of benzene rings is 3. The average molecular weight is 476 g/mol. The van der Waals surface area contributed by atoms with Gasteiger partial charge in [0.1, 0.15) is 17.2 Å². The maximum atomic E-state index is 13.1. The smallest absolute Gasteiger partial charge is 0.270 e. The molecule has 2 amide bonds. The number of methoxy groups -OCH3 is 1. The molecule has 0 saturated heterocycles. The minimum absolute atomic E-state index is 0.0224. The third-order valence-electron chi connectivity index (χ3n) is 5.68. The summed E-state index contributed by atoms with van der Waals surface area (Å²) in [7, 11) is 1.55. The van der Waals surface area contributed by atoms with Crippen LogP contribution in [0.25, 0.3) is 0 Å². The lowest BCUT2D eigenvalue weighted by atomic mass is 10.1. The Kier molecular flexibility index (Phi) is 6.96. The average Bonchev–Trinajstić information content (AvgIpc) is 3.71. The summed E-state index contributed by atoms with van der Waals surface area (Å²) in [4.78, 5) is 35.8. The quantitative estimate of drug-likeness (QED) is 0.323. The SMILES string of the molecule is COc1ccc(Oc2ccc([N+](=O)[O-])cc2C(=O)NC(C)c2ccc(NC(=O)C3CC3)cc2)cc1. The van der Waals surface area contributed by atoms with Crippen LogP contribution < -0.4 is 20.1 Å². The first-order valence-corrected chi connectivity index (χ1v) is 11.2. The van der Waals surface area contributed by atoms with Crippen molar-refractivity contribution in [1.82, 2.24) is 5.32 Å². The minimum Gasteiger partial charge on any atom is -0.497 e. The molecule has 2 N–H and O–H groups in total. The Hall–Kier alpha value is -4.40. The molecule has 35 heavy (non-hydrogen) atoms. The Morgan fingerprint density at radius 1 is 1.00 bits per heavy atom. The van der Waals surface area contributed by atoms with Gasteiger partial charge in [-0.1, -0.05) is 12.1 Å². The van der Waals surface area contributed by atoms with Gasteiger partial charge < -0.3 is 20.1 Å². The zero-order chi connectivity index (χ0) is 24.9. The number of anilines is 1. The van der Waals surface area contributed by atoms with Crippen molar-refractivity contribution in [1.29, 1.82) is 0 Å². The number of nitro groups is 1. The number of hydrogen-bond donors (Lipinski definition) is 2. The van der Waals surface area contributed by atoms with Crippen LogP contribution in [0.1, 0.15) is 41.7 Å². The molecule has 3 aromatic carbocycles. The van der Waals surface area contributed by atoms with E-state index in [4.69, 9.17) is 9.47 Å². The number of nitro benzene ring substituents is 1. The van der Waals surface area contributed by atoms with Crippen LogP contribution in [0.4, 0.5) is 11.4 Å². The van der Waals surface area contributed by atoms with Gasteiger partial charge in [0.25, 0.3) is 11.6 Å². The van der Waals surface area contributed by atoms with Gasteiger partial charge in [-0.2, -0.15) is 0 Å². The molecule has 0 heterocycles. The van der Waals surface area contributed by atoms with Crippen LogP contribution in [0.3, 0.4) is 0 Å². The Morgan fingerprint density at radius 2 is 1.66 bits per heavy atom. The molecule has 1 unspecified atom stereocenters. The number of rotatable bonds is 9. The maximum absolute atomic E-state index is 13.1. The van der Waals surface area contributed by atoms with Crippen LogP contribution in [0.15, 0.2) is 66.7 Å². The summed E-state index contributed by atoms with van der Waals surface area (Å²) in [6.45, 7) is 1.80. The normalized spacial score (nSPS) is 13.4. The fraction of sp³-hybridized carbons (Fsp3) is 0.231. The molecule has 0 spiro atoms. The fourth-order valence-corrected chi connectivity index (χ4v) is 3.47. The largest absolute Gasteiger partial charge is 0.497 e. The summed E-state index contributed by atoms with van der Waals surface area (Å²) in [5.41, 5.74) is 1.32. The van der Waals surface area contributed by atoms with E-state index < -0.39 is 16.9 Å². The van der Waals surface area contributed by atoms with Crippen molar-refractivity contribution < 1.29 is 24.0 Å². The highest BCUT2D eigenvalue weighted by Crippen LogP contribution is 2.31. The van der Waals surface area contributed by atoms with E-state index in [1.165, 1.54) is 18.2 Å². The zero-order valence-corrected chi connectivity index (χ0v) is 19.3. The molecule has 180 valence electrons. The standard InChI is InChI=1S/C26H25N3O6/c1-16(17-5-7-19(8-6-17)28-25(30)18-3-4-18)27-26(31)23-15-20(29(32)33)9-14-24(23)35-22-12-10-21(34-2)11-13-22/h5-16,18H,3-4H2,1-2H3,(H,27,31)(H,28,30). The predicted octanol–water partition coefficient (Wildman–Crippen LogP) is 5.24. The van der Waals surface area contributed by atoms with Gasteiger partial charge in [0.2, 0.25) is 5.91 Å². The van der Waals surface area contributed by atoms with Crippen molar-refractivity contribution in [3.8, 4) is 17.2 Å². The Morgan fingerprint density at radius 3 is 2.26 bits per heavy atom. The number of nitrogens with zero attached hydrogens (tertiary/aromatic N) is 1. The van der Waals surface area contributed by atoms with Gasteiger partial charge in [-0.25, -0.2) is 0 Å². The lowest BCUT2D eigenvalue weighted by Gasteiger charge is -2.17. The summed E-state index contributed by atoms with van der Waals surface area (Å²) < 4.78 is 11.0. The highest BCUT2D eigenvalue weighted by Gasteiger charge is 2.29. The van der Waals surface area contributed by atoms with E-state index in [-0.39, 0.29) is 28.8 Å². The van der Waals surface area contributed by atoms with E-state index in [1.807, 2.05) is 12.1 Å². The third-order valence-corrected chi connectivity index (χ3v) is 5.68. The van der Waals surface area contributed by atoms with Crippen LogP contribution in [0.2, 0.25) is 0 Å². The number of carbonyl (C=O) groups is 2. The summed E-state index contributed by atoms with van der Waals surface area (Å²) in [6, 6.07) is 17.4. The summed E-state index contributed by atoms with van der Waals surface area (Å²) in [5, 5.41) is 17.0. The van der Waals surface area contributed by atoms with Crippen molar-refractivity contribution >= 4 is 23.2 Å². The van der Waals surface area contributed by atoms with Crippen molar-refractivity contribution in [3.63, 3.8) is 0 Å². The molecule has 9 heteroatoms. The Balaban J connectivity index is 1.49. The Bertz CT molecular complexity index is 1240. The van der Waals surface area contributed by atoms with E-state index in [0.717, 1.165) is 18.4 Å². The molecule has 0 radical (unpaired) electrons. The lowest BCUT2D eigenvalue weighted by molar-refractivity contribution is -0.384. The second kappa shape index (κ2) is 10.3. The van der Waals surface area contributed by atoms with Crippen molar-refractivity contribution in [2.24, 2.45) is 5.92 Å². The van der Waals surface area contributed by atoms with Crippen LogP contribution in [0, 0.1) is 16.0 Å². The van der Waals surface area contributed by atoms with Crippen molar-refractivity contribution in [2.75, 3.05) is 12.4 Å². The minimum atomic E-state index is -0.563.